The molecule has 0 unspecified atom stereocenters. The second kappa shape index (κ2) is 7.53. The summed E-state index contributed by atoms with van der Waals surface area (Å²) in [5.74, 6) is -0.645. The van der Waals surface area contributed by atoms with Gasteiger partial charge < -0.3 is 9.64 Å². The lowest BCUT2D eigenvalue weighted by molar-refractivity contribution is -0.136. The van der Waals surface area contributed by atoms with Crippen molar-refractivity contribution in [2.75, 3.05) is 26.0 Å². The Labute approximate surface area is 146 Å². The molecule has 0 aromatic heterocycles. The zero-order valence-corrected chi connectivity index (χ0v) is 15.2. The third-order valence-corrected chi connectivity index (χ3v) is 5.36. The van der Waals surface area contributed by atoms with E-state index in [2.05, 4.69) is 6.92 Å². The molecule has 1 aromatic carbocycles. The monoisotopic (exact) mass is 373 g/mol. The molecule has 1 aliphatic rings. The maximum Gasteiger partial charge on any atom is 0.340 e. The predicted octanol–water partition coefficient (Wildman–Crippen LogP) is 2.16. The smallest absolute Gasteiger partial charge is 0.340 e. The number of rotatable bonds is 4. The Balaban J connectivity index is 2.03. The Morgan fingerprint density at radius 2 is 2.08 bits per heavy atom. The molecule has 0 spiro atoms. The molecule has 8 heteroatoms. The molecule has 1 atom stereocenters. The number of nitrogens with zero attached hydrogens (tertiary/aromatic N) is 1. The van der Waals surface area contributed by atoms with Crippen LogP contribution in [-0.4, -0.2) is 51.1 Å². The fourth-order valence-corrected chi connectivity index (χ4v) is 3.45. The van der Waals surface area contributed by atoms with Crippen molar-refractivity contribution in [1.82, 2.24) is 4.90 Å². The van der Waals surface area contributed by atoms with E-state index in [0.29, 0.717) is 19.0 Å². The average Bonchev–Trinajstić information content (AvgIpc) is 2.51. The number of hydrogen-bond donors (Lipinski definition) is 0. The molecule has 1 heterocycles. The van der Waals surface area contributed by atoms with Gasteiger partial charge in [0.1, 0.15) is 0 Å². The van der Waals surface area contributed by atoms with E-state index >= 15 is 0 Å². The number of ether oxygens (including phenoxy) is 1. The van der Waals surface area contributed by atoms with Crippen LogP contribution in [0.25, 0.3) is 0 Å². The number of benzene rings is 1. The van der Waals surface area contributed by atoms with E-state index < -0.39 is 15.8 Å². The Bertz CT molecular complexity index is 747. The molecule has 1 aliphatic heterocycles. The van der Waals surface area contributed by atoms with Gasteiger partial charge in [0.25, 0.3) is 5.91 Å². The highest BCUT2D eigenvalue weighted by atomic mass is 35.5. The third-order valence-electron chi connectivity index (χ3n) is 3.92. The molecule has 0 N–H and O–H groups in total. The lowest BCUT2D eigenvalue weighted by atomic mass is 10.0. The largest absolute Gasteiger partial charge is 0.452 e. The van der Waals surface area contributed by atoms with Gasteiger partial charge in [0.05, 0.1) is 15.5 Å². The second-order valence-corrected chi connectivity index (χ2v) is 8.50. The highest BCUT2D eigenvalue weighted by Gasteiger charge is 2.23. The fourth-order valence-electron chi connectivity index (χ4n) is 2.60. The van der Waals surface area contributed by atoms with Gasteiger partial charge in [-0.1, -0.05) is 18.5 Å². The number of piperidine rings is 1. The Morgan fingerprint density at radius 1 is 1.38 bits per heavy atom. The zero-order valence-electron chi connectivity index (χ0n) is 13.6. The summed E-state index contributed by atoms with van der Waals surface area (Å²) in [5, 5.41) is 0.0754. The topological polar surface area (TPSA) is 80.8 Å². The average molecular weight is 374 g/mol. The van der Waals surface area contributed by atoms with Crippen LogP contribution in [0.1, 0.15) is 30.1 Å². The van der Waals surface area contributed by atoms with Gasteiger partial charge in [-0.2, -0.15) is 0 Å². The molecule has 2 rings (SSSR count). The summed E-state index contributed by atoms with van der Waals surface area (Å²) in [7, 11) is -3.47. The van der Waals surface area contributed by atoms with Gasteiger partial charge >= 0.3 is 5.97 Å². The van der Waals surface area contributed by atoms with Crippen molar-refractivity contribution < 1.29 is 22.7 Å². The van der Waals surface area contributed by atoms with E-state index in [1.54, 1.807) is 4.90 Å². The normalized spacial score (nSPS) is 18.3. The number of likely N-dealkylation sites (tertiary alicyclic amines) is 1. The number of esters is 1. The summed E-state index contributed by atoms with van der Waals surface area (Å²) < 4.78 is 28.2. The van der Waals surface area contributed by atoms with Crippen LogP contribution in [0.15, 0.2) is 23.1 Å². The van der Waals surface area contributed by atoms with E-state index in [9.17, 15) is 18.0 Å². The Hall–Kier alpha value is -1.60. The SMILES string of the molecule is C[C@@H]1CCCN(C(=O)COC(=O)c2cc(S(C)(=O)=O)ccc2Cl)C1. The van der Waals surface area contributed by atoms with E-state index in [4.69, 9.17) is 16.3 Å². The molecule has 0 saturated carbocycles. The lowest BCUT2D eigenvalue weighted by Crippen LogP contribution is -2.41. The number of sulfone groups is 1. The minimum absolute atomic E-state index is 0.0324. The molecule has 1 aromatic rings. The van der Waals surface area contributed by atoms with Crippen LogP contribution in [0, 0.1) is 5.92 Å². The summed E-state index contributed by atoms with van der Waals surface area (Å²) in [6.45, 7) is 3.00. The molecule has 1 saturated heterocycles. The van der Waals surface area contributed by atoms with E-state index in [1.165, 1.54) is 12.1 Å². The van der Waals surface area contributed by atoms with Gasteiger partial charge in [-0.25, -0.2) is 13.2 Å². The molecular formula is C16H20ClNO5S. The molecule has 0 aliphatic carbocycles. The van der Waals surface area contributed by atoms with Crippen LogP contribution in [0.2, 0.25) is 5.02 Å². The van der Waals surface area contributed by atoms with Crippen LogP contribution < -0.4 is 0 Å². The summed E-state index contributed by atoms with van der Waals surface area (Å²) in [6, 6.07) is 3.80. The standard InChI is InChI=1S/C16H20ClNO5S/c1-11-4-3-7-18(9-11)15(19)10-23-16(20)13-8-12(24(2,21)22)5-6-14(13)17/h5-6,8,11H,3-4,7,9-10H2,1-2H3/t11-/m1/s1. The van der Waals surface area contributed by atoms with Crippen molar-refractivity contribution in [2.45, 2.75) is 24.7 Å². The number of carbonyl (C=O) groups excluding carboxylic acids is 2. The molecule has 132 valence electrons. The number of amides is 1. The van der Waals surface area contributed by atoms with Crippen molar-refractivity contribution in [2.24, 2.45) is 5.92 Å². The van der Waals surface area contributed by atoms with Gasteiger partial charge in [0, 0.05) is 19.3 Å². The van der Waals surface area contributed by atoms with Gasteiger partial charge in [-0.3, -0.25) is 4.79 Å². The first-order valence-corrected chi connectivity index (χ1v) is 9.90. The quantitative estimate of drug-likeness (QED) is 0.755. The van der Waals surface area contributed by atoms with Gasteiger partial charge in [0.15, 0.2) is 16.4 Å². The third kappa shape index (κ3) is 4.70. The summed E-state index contributed by atoms with van der Waals surface area (Å²) in [4.78, 5) is 25.9. The van der Waals surface area contributed by atoms with Crippen molar-refractivity contribution in [3.63, 3.8) is 0 Å². The van der Waals surface area contributed by atoms with E-state index in [0.717, 1.165) is 25.2 Å². The first kappa shape index (κ1) is 18.7. The summed E-state index contributed by atoms with van der Waals surface area (Å²) >= 11 is 5.93. The van der Waals surface area contributed by atoms with Crippen LogP contribution in [0.4, 0.5) is 0 Å². The van der Waals surface area contributed by atoms with Crippen LogP contribution >= 0.6 is 11.6 Å². The van der Waals surface area contributed by atoms with Crippen molar-refractivity contribution in [3.05, 3.63) is 28.8 Å². The van der Waals surface area contributed by atoms with E-state index in [1.807, 2.05) is 0 Å². The zero-order chi connectivity index (χ0) is 17.9. The van der Waals surface area contributed by atoms with Crippen LogP contribution in [0.3, 0.4) is 0 Å². The van der Waals surface area contributed by atoms with Crippen molar-refractivity contribution in [3.8, 4) is 0 Å². The molecule has 1 amide bonds. The molecular weight excluding hydrogens is 354 g/mol. The molecule has 6 nitrogen and oxygen atoms in total. The van der Waals surface area contributed by atoms with Crippen molar-refractivity contribution in [1.29, 1.82) is 0 Å². The first-order chi connectivity index (χ1) is 11.2. The maximum absolute atomic E-state index is 12.1. The summed E-state index contributed by atoms with van der Waals surface area (Å²) in [6.07, 6.45) is 3.05. The minimum atomic E-state index is -3.47. The fraction of sp³-hybridized carbons (Fsp3) is 0.500. The maximum atomic E-state index is 12.1. The Morgan fingerprint density at radius 3 is 2.71 bits per heavy atom. The van der Waals surface area contributed by atoms with E-state index in [-0.39, 0.29) is 28.0 Å². The van der Waals surface area contributed by atoms with Crippen LogP contribution in [0.5, 0.6) is 0 Å². The van der Waals surface area contributed by atoms with Gasteiger partial charge in [-0.05, 0) is 37.0 Å². The van der Waals surface area contributed by atoms with Gasteiger partial charge in [0.2, 0.25) is 0 Å². The molecule has 1 fully saturated rings. The molecule has 0 bridgehead atoms. The van der Waals surface area contributed by atoms with Gasteiger partial charge in [-0.15, -0.1) is 0 Å². The Kier molecular flexibility index (Phi) is 5.87. The van der Waals surface area contributed by atoms with Crippen LogP contribution in [-0.2, 0) is 19.4 Å². The number of carbonyl (C=O) groups is 2. The lowest BCUT2D eigenvalue weighted by Gasteiger charge is -2.30. The predicted molar refractivity (Wildman–Crippen MR) is 89.8 cm³/mol. The molecule has 0 radical (unpaired) electrons. The summed E-state index contributed by atoms with van der Waals surface area (Å²) in [5.41, 5.74) is -0.0700. The second-order valence-electron chi connectivity index (χ2n) is 6.08. The minimum Gasteiger partial charge on any atom is -0.452 e. The highest BCUT2D eigenvalue weighted by Crippen LogP contribution is 2.21. The van der Waals surface area contributed by atoms with Crippen molar-refractivity contribution >= 4 is 33.3 Å². The highest BCUT2D eigenvalue weighted by molar-refractivity contribution is 7.90. The number of halogens is 1. The molecule has 24 heavy (non-hydrogen) atoms. The number of hydrogen-bond acceptors (Lipinski definition) is 5. The first-order valence-electron chi connectivity index (χ1n) is 7.63.